The molecule has 2 aromatic rings. The molecule has 0 aliphatic carbocycles. The van der Waals surface area contributed by atoms with Crippen molar-refractivity contribution in [3.63, 3.8) is 0 Å². The summed E-state index contributed by atoms with van der Waals surface area (Å²) in [6, 6.07) is 18.3. The van der Waals surface area contributed by atoms with E-state index in [4.69, 9.17) is 11.6 Å². The lowest BCUT2D eigenvalue weighted by atomic mass is 10.1. The van der Waals surface area contributed by atoms with Crippen molar-refractivity contribution in [2.24, 2.45) is 0 Å². The summed E-state index contributed by atoms with van der Waals surface area (Å²) in [5.41, 5.74) is 1.74. The van der Waals surface area contributed by atoms with E-state index in [0.29, 0.717) is 10.6 Å². The van der Waals surface area contributed by atoms with Gasteiger partial charge in [0.1, 0.15) is 11.6 Å². The molecular formula is C18H15ClN2O. The van der Waals surface area contributed by atoms with Gasteiger partial charge in [0.05, 0.1) is 6.04 Å². The highest BCUT2D eigenvalue weighted by atomic mass is 35.5. The molecule has 2 aromatic carbocycles. The first-order chi connectivity index (χ1) is 10.6. The number of benzene rings is 2. The van der Waals surface area contributed by atoms with Gasteiger partial charge in [-0.2, -0.15) is 5.26 Å². The molecule has 0 aliphatic rings. The molecule has 1 amide bonds. The highest BCUT2D eigenvalue weighted by Gasteiger charge is 2.13. The third-order valence-corrected chi connectivity index (χ3v) is 3.41. The van der Waals surface area contributed by atoms with Gasteiger partial charge in [0, 0.05) is 5.02 Å². The van der Waals surface area contributed by atoms with Crippen LogP contribution in [0.1, 0.15) is 24.1 Å². The lowest BCUT2D eigenvalue weighted by molar-refractivity contribution is -0.117. The Balaban J connectivity index is 2.14. The molecule has 0 fully saturated rings. The van der Waals surface area contributed by atoms with Crippen molar-refractivity contribution in [3.8, 4) is 6.07 Å². The minimum atomic E-state index is -0.404. The maximum Gasteiger partial charge on any atom is 0.262 e. The zero-order chi connectivity index (χ0) is 15.9. The Labute approximate surface area is 134 Å². The van der Waals surface area contributed by atoms with Crippen molar-refractivity contribution in [3.05, 3.63) is 76.3 Å². The van der Waals surface area contributed by atoms with Gasteiger partial charge in [-0.15, -0.1) is 0 Å². The quantitative estimate of drug-likeness (QED) is 0.682. The minimum Gasteiger partial charge on any atom is -0.345 e. The van der Waals surface area contributed by atoms with Crippen LogP contribution in [0, 0.1) is 11.3 Å². The lowest BCUT2D eigenvalue weighted by Crippen LogP contribution is -2.27. The predicted molar refractivity (Wildman–Crippen MR) is 88.0 cm³/mol. The molecule has 0 saturated heterocycles. The second-order valence-electron chi connectivity index (χ2n) is 4.83. The summed E-state index contributed by atoms with van der Waals surface area (Å²) in [5, 5.41) is 12.6. The normalized spacial score (nSPS) is 12.3. The van der Waals surface area contributed by atoms with E-state index in [1.807, 2.05) is 43.3 Å². The number of carbonyl (C=O) groups excluding carboxylic acids is 1. The molecule has 0 bridgehead atoms. The van der Waals surface area contributed by atoms with Crippen molar-refractivity contribution in [2.45, 2.75) is 13.0 Å². The number of nitriles is 1. The fraction of sp³-hybridized carbons (Fsp3) is 0.111. The van der Waals surface area contributed by atoms with Crippen LogP contribution in [-0.2, 0) is 4.79 Å². The fourth-order valence-corrected chi connectivity index (χ4v) is 2.21. The standard InChI is InChI=1S/C18H15ClN2O/c1-13(15-7-3-2-4-8-15)21-18(22)16(12-20)10-14-6-5-9-17(19)11-14/h2-11,13H,1H3,(H,21,22)/b16-10+. The second-order valence-corrected chi connectivity index (χ2v) is 5.27. The van der Waals surface area contributed by atoms with Gasteiger partial charge in [0.2, 0.25) is 0 Å². The fourth-order valence-electron chi connectivity index (χ4n) is 2.01. The van der Waals surface area contributed by atoms with Crippen LogP contribution in [-0.4, -0.2) is 5.91 Å². The highest BCUT2D eigenvalue weighted by Crippen LogP contribution is 2.15. The van der Waals surface area contributed by atoms with Gasteiger partial charge >= 0.3 is 0 Å². The van der Waals surface area contributed by atoms with Crippen LogP contribution < -0.4 is 5.32 Å². The molecule has 4 heteroatoms. The van der Waals surface area contributed by atoms with E-state index in [1.165, 1.54) is 6.08 Å². The van der Waals surface area contributed by atoms with Gasteiger partial charge in [0.25, 0.3) is 5.91 Å². The Bertz CT molecular complexity index is 732. The third kappa shape index (κ3) is 4.21. The first-order valence-electron chi connectivity index (χ1n) is 6.83. The number of amides is 1. The van der Waals surface area contributed by atoms with Crippen LogP contribution in [0.3, 0.4) is 0 Å². The zero-order valence-electron chi connectivity index (χ0n) is 12.1. The molecule has 3 nitrogen and oxygen atoms in total. The van der Waals surface area contributed by atoms with Crippen molar-refractivity contribution < 1.29 is 4.79 Å². The summed E-state index contributed by atoms with van der Waals surface area (Å²) in [4.78, 5) is 12.2. The van der Waals surface area contributed by atoms with Crippen molar-refractivity contribution in [1.82, 2.24) is 5.32 Å². The topological polar surface area (TPSA) is 52.9 Å². The van der Waals surface area contributed by atoms with Crippen LogP contribution in [0.25, 0.3) is 6.08 Å². The van der Waals surface area contributed by atoms with Crippen molar-refractivity contribution in [2.75, 3.05) is 0 Å². The second kappa shape index (κ2) is 7.44. The molecule has 0 heterocycles. The van der Waals surface area contributed by atoms with Gasteiger partial charge in [-0.05, 0) is 36.3 Å². The molecule has 22 heavy (non-hydrogen) atoms. The van der Waals surface area contributed by atoms with Gasteiger partial charge in [-0.1, -0.05) is 54.1 Å². The average molecular weight is 311 g/mol. The SMILES string of the molecule is CC(NC(=O)/C(C#N)=C/c1cccc(Cl)c1)c1ccccc1. The number of hydrogen-bond donors (Lipinski definition) is 1. The number of nitrogens with one attached hydrogen (secondary N) is 1. The molecule has 1 unspecified atom stereocenters. The molecule has 1 N–H and O–H groups in total. The maximum atomic E-state index is 12.2. The largest absolute Gasteiger partial charge is 0.345 e. The molecule has 0 radical (unpaired) electrons. The molecular weight excluding hydrogens is 296 g/mol. The Hall–Kier alpha value is -2.57. The van der Waals surface area contributed by atoms with Crippen LogP contribution in [0.4, 0.5) is 0 Å². The summed E-state index contributed by atoms with van der Waals surface area (Å²) in [5.74, 6) is -0.404. The van der Waals surface area contributed by atoms with E-state index in [2.05, 4.69) is 5.32 Å². The van der Waals surface area contributed by atoms with E-state index in [-0.39, 0.29) is 11.6 Å². The number of rotatable bonds is 4. The summed E-state index contributed by atoms with van der Waals surface area (Å²) < 4.78 is 0. The van der Waals surface area contributed by atoms with Crippen LogP contribution in [0.5, 0.6) is 0 Å². The zero-order valence-corrected chi connectivity index (χ0v) is 12.8. The predicted octanol–water partition coefficient (Wildman–Crippen LogP) is 4.12. The van der Waals surface area contributed by atoms with Crippen molar-refractivity contribution in [1.29, 1.82) is 5.26 Å². The molecule has 2 rings (SSSR count). The number of halogens is 1. The Kier molecular flexibility index (Phi) is 5.35. The highest BCUT2D eigenvalue weighted by molar-refractivity contribution is 6.30. The van der Waals surface area contributed by atoms with Crippen LogP contribution in [0.2, 0.25) is 5.02 Å². The first kappa shape index (κ1) is 15.8. The molecule has 1 atom stereocenters. The Morgan fingerprint density at radius 1 is 1.23 bits per heavy atom. The number of nitrogens with zero attached hydrogens (tertiary/aromatic N) is 1. The monoisotopic (exact) mass is 310 g/mol. The number of carbonyl (C=O) groups is 1. The van der Waals surface area contributed by atoms with Gasteiger partial charge in [-0.25, -0.2) is 0 Å². The summed E-state index contributed by atoms with van der Waals surface area (Å²) >= 11 is 5.90. The summed E-state index contributed by atoms with van der Waals surface area (Å²) in [6.45, 7) is 1.88. The first-order valence-corrected chi connectivity index (χ1v) is 7.21. The van der Waals surface area contributed by atoms with Gasteiger partial charge in [0.15, 0.2) is 0 Å². The molecule has 0 spiro atoms. The summed E-state index contributed by atoms with van der Waals surface area (Å²) in [7, 11) is 0. The maximum absolute atomic E-state index is 12.2. The smallest absolute Gasteiger partial charge is 0.262 e. The minimum absolute atomic E-state index is 0.0463. The summed E-state index contributed by atoms with van der Waals surface area (Å²) in [6.07, 6.45) is 1.53. The number of hydrogen-bond acceptors (Lipinski definition) is 2. The van der Waals surface area contributed by atoms with Gasteiger partial charge < -0.3 is 5.32 Å². The molecule has 0 aliphatic heterocycles. The van der Waals surface area contributed by atoms with Gasteiger partial charge in [-0.3, -0.25) is 4.79 Å². The van der Waals surface area contributed by atoms with Crippen molar-refractivity contribution >= 4 is 23.6 Å². The average Bonchev–Trinajstić information content (AvgIpc) is 2.53. The van der Waals surface area contributed by atoms with E-state index in [9.17, 15) is 10.1 Å². The molecule has 0 aromatic heterocycles. The van der Waals surface area contributed by atoms with E-state index in [0.717, 1.165) is 5.56 Å². The van der Waals surface area contributed by atoms with E-state index >= 15 is 0 Å². The van der Waals surface area contributed by atoms with E-state index < -0.39 is 5.91 Å². The Morgan fingerprint density at radius 2 is 1.95 bits per heavy atom. The molecule has 110 valence electrons. The van der Waals surface area contributed by atoms with Crippen LogP contribution in [0.15, 0.2) is 60.2 Å². The lowest BCUT2D eigenvalue weighted by Gasteiger charge is -2.13. The van der Waals surface area contributed by atoms with E-state index in [1.54, 1.807) is 24.3 Å². The third-order valence-electron chi connectivity index (χ3n) is 3.17. The molecule has 0 saturated carbocycles. The van der Waals surface area contributed by atoms with Crippen LogP contribution >= 0.6 is 11.6 Å². The Morgan fingerprint density at radius 3 is 2.59 bits per heavy atom.